The van der Waals surface area contributed by atoms with Crippen LogP contribution in [0.15, 0.2) is 29.4 Å². The van der Waals surface area contributed by atoms with Crippen molar-refractivity contribution < 1.29 is 4.39 Å². The van der Waals surface area contributed by atoms with E-state index < -0.39 is 5.82 Å². The Hall–Kier alpha value is -1.57. The third-order valence-electron chi connectivity index (χ3n) is 2.25. The number of hydrogen-bond donors (Lipinski definition) is 3. The number of nitrogen functional groups attached to an aromatic ring is 1. The number of thioether (sulfide) groups is 1. The molecule has 0 unspecified atom stereocenters. The molecule has 0 fully saturated rings. The molecule has 4 N–H and O–H groups in total. The number of nitrogens with zero attached hydrogens (tertiary/aromatic N) is 2. The second-order valence-electron chi connectivity index (χ2n) is 3.49. The molecule has 19 heavy (non-hydrogen) atoms. The van der Waals surface area contributed by atoms with Crippen LogP contribution in [0.1, 0.15) is 0 Å². The fourth-order valence-electron chi connectivity index (χ4n) is 1.40. The van der Waals surface area contributed by atoms with E-state index in [1.807, 2.05) is 6.26 Å². The summed E-state index contributed by atoms with van der Waals surface area (Å²) >= 11 is 7.28. The van der Waals surface area contributed by atoms with Crippen LogP contribution in [0.4, 0.5) is 21.7 Å². The van der Waals surface area contributed by atoms with Gasteiger partial charge in [0.25, 0.3) is 0 Å². The van der Waals surface area contributed by atoms with Gasteiger partial charge >= 0.3 is 0 Å². The Bertz CT molecular complexity index is 553. The van der Waals surface area contributed by atoms with Crippen LogP contribution < -0.4 is 16.6 Å². The predicted molar refractivity (Wildman–Crippen MR) is 76.3 cm³/mol. The van der Waals surface area contributed by atoms with Crippen molar-refractivity contribution in [3.63, 3.8) is 0 Å². The maximum absolute atomic E-state index is 13.7. The van der Waals surface area contributed by atoms with E-state index in [2.05, 4.69) is 20.7 Å². The number of benzene rings is 1. The normalized spacial score (nSPS) is 10.3. The molecular weight excluding hydrogens is 289 g/mol. The van der Waals surface area contributed by atoms with Gasteiger partial charge in [0.1, 0.15) is 17.5 Å². The fourth-order valence-corrected chi connectivity index (χ4v) is 1.99. The highest BCUT2D eigenvalue weighted by atomic mass is 35.5. The number of aromatic nitrogens is 2. The fraction of sp³-hybridized carbons (Fsp3) is 0.0909. The van der Waals surface area contributed by atoms with Crippen molar-refractivity contribution in [2.45, 2.75) is 5.16 Å². The summed E-state index contributed by atoms with van der Waals surface area (Å²) in [6.07, 6.45) is 1.83. The largest absolute Gasteiger partial charge is 0.336 e. The van der Waals surface area contributed by atoms with Crippen molar-refractivity contribution in [1.29, 1.82) is 0 Å². The minimum Gasteiger partial charge on any atom is -0.336 e. The van der Waals surface area contributed by atoms with Gasteiger partial charge in [0.2, 0.25) is 0 Å². The zero-order valence-corrected chi connectivity index (χ0v) is 11.5. The molecule has 0 amide bonds. The predicted octanol–water partition coefficient (Wildman–Crippen LogP) is 3.02. The van der Waals surface area contributed by atoms with E-state index in [1.165, 1.54) is 23.9 Å². The molecule has 1 aromatic carbocycles. The number of hydrogen-bond acceptors (Lipinski definition) is 6. The Kier molecular flexibility index (Phi) is 4.41. The number of rotatable bonds is 4. The summed E-state index contributed by atoms with van der Waals surface area (Å²) < 4.78 is 13.7. The highest BCUT2D eigenvalue weighted by molar-refractivity contribution is 7.98. The molecule has 2 rings (SSSR count). The molecule has 8 heteroatoms. The van der Waals surface area contributed by atoms with Crippen LogP contribution in [0.3, 0.4) is 0 Å². The lowest BCUT2D eigenvalue weighted by molar-refractivity contribution is 0.632. The van der Waals surface area contributed by atoms with Crippen molar-refractivity contribution in [1.82, 2.24) is 9.97 Å². The van der Waals surface area contributed by atoms with Crippen molar-refractivity contribution >= 4 is 40.7 Å². The van der Waals surface area contributed by atoms with Gasteiger partial charge in [-0.3, -0.25) is 0 Å². The molecule has 0 spiro atoms. The van der Waals surface area contributed by atoms with E-state index in [9.17, 15) is 4.39 Å². The van der Waals surface area contributed by atoms with Crippen LogP contribution in [0, 0.1) is 5.82 Å². The van der Waals surface area contributed by atoms with Crippen molar-refractivity contribution in [3.8, 4) is 0 Å². The second kappa shape index (κ2) is 6.05. The van der Waals surface area contributed by atoms with Gasteiger partial charge < -0.3 is 10.7 Å². The summed E-state index contributed by atoms with van der Waals surface area (Å²) in [5, 5.41) is 3.60. The van der Waals surface area contributed by atoms with Crippen LogP contribution in [0.5, 0.6) is 0 Å². The summed E-state index contributed by atoms with van der Waals surface area (Å²) in [6.45, 7) is 0. The molecule has 0 bridgehead atoms. The lowest BCUT2D eigenvalue weighted by Crippen LogP contribution is -2.10. The first-order valence-corrected chi connectivity index (χ1v) is 6.85. The van der Waals surface area contributed by atoms with Crippen LogP contribution in [0.25, 0.3) is 0 Å². The number of para-hydroxylation sites is 1. The number of hydrazine groups is 1. The minimum absolute atomic E-state index is 0.165. The molecule has 1 heterocycles. The molecule has 1 aromatic heterocycles. The quantitative estimate of drug-likeness (QED) is 0.349. The van der Waals surface area contributed by atoms with Gasteiger partial charge in [0.15, 0.2) is 5.16 Å². The molecule has 0 aliphatic heterocycles. The Labute approximate surface area is 118 Å². The van der Waals surface area contributed by atoms with Crippen molar-refractivity contribution in [2.75, 3.05) is 17.0 Å². The summed E-state index contributed by atoms with van der Waals surface area (Å²) in [5.41, 5.74) is 2.59. The van der Waals surface area contributed by atoms with E-state index >= 15 is 0 Å². The summed E-state index contributed by atoms with van der Waals surface area (Å²) in [5.74, 6) is 5.69. The molecular formula is C11H11ClFN5S. The first-order valence-electron chi connectivity index (χ1n) is 5.24. The maximum atomic E-state index is 13.7. The zero-order chi connectivity index (χ0) is 13.8. The Morgan fingerprint density at radius 3 is 2.68 bits per heavy atom. The van der Waals surface area contributed by atoms with Gasteiger partial charge in [-0.2, -0.15) is 0 Å². The van der Waals surface area contributed by atoms with E-state index in [4.69, 9.17) is 17.4 Å². The second-order valence-corrected chi connectivity index (χ2v) is 4.67. The van der Waals surface area contributed by atoms with E-state index in [-0.39, 0.29) is 10.7 Å². The average molecular weight is 300 g/mol. The van der Waals surface area contributed by atoms with E-state index in [0.29, 0.717) is 16.8 Å². The first-order chi connectivity index (χ1) is 9.13. The number of nitrogens with one attached hydrogen (secondary N) is 2. The first kappa shape index (κ1) is 13.9. The molecule has 0 radical (unpaired) electrons. The molecule has 0 saturated heterocycles. The van der Waals surface area contributed by atoms with Crippen LogP contribution in [0.2, 0.25) is 5.02 Å². The van der Waals surface area contributed by atoms with Gasteiger partial charge in [-0.25, -0.2) is 20.2 Å². The molecule has 0 aliphatic carbocycles. The third kappa shape index (κ3) is 3.25. The Balaban J connectivity index is 2.37. The highest BCUT2D eigenvalue weighted by Crippen LogP contribution is 2.28. The van der Waals surface area contributed by atoms with Gasteiger partial charge in [-0.1, -0.05) is 29.4 Å². The molecule has 100 valence electrons. The topological polar surface area (TPSA) is 75.9 Å². The zero-order valence-electron chi connectivity index (χ0n) is 9.95. The number of nitrogens with two attached hydrogens (primary N) is 1. The average Bonchev–Trinajstić information content (AvgIpc) is 2.42. The molecule has 0 aliphatic rings. The van der Waals surface area contributed by atoms with Crippen LogP contribution >= 0.6 is 23.4 Å². The van der Waals surface area contributed by atoms with Gasteiger partial charge in [-0.15, -0.1) is 0 Å². The molecule has 0 atom stereocenters. The number of halogens is 2. The molecule has 2 aromatic rings. The lowest BCUT2D eigenvalue weighted by Gasteiger charge is -2.10. The lowest BCUT2D eigenvalue weighted by atomic mass is 10.3. The standard InChI is InChI=1S/C11H11ClFN5S/c1-19-11-16-8(5-9(17-11)18-14)15-10-6(12)3-2-4-7(10)13/h2-5H,14H2,1H3,(H2,15,16,17,18). The maximum Gasteiger partial charge on any atom is 0.191 e. The minimum atomic E-state index is -0.459. The van der Waals surface area contributed by atoms with Crippen molar-refractivity contribution in [3.05, 3.63) is 35.1 Å². The Morgan fingerprint density at radius 2 is 2.05 bits per heavy atom. The van der Waals surface area contributed by atoms with Gasteiger partial charge in [0, 0.05) is 6.07 Å². The number of anilines is 3. The summed E-state index contributed by atoms with van der Waals surface area (Å²) in [7, 11) is 0. The molecule has 5 nitrogen and oxygen atoms in total. The van der Waals surface area contributed by atoms with Crippen molar-refractivity contribution in [2.24, 2.45) is 5.84 Å². The van der Waals surface area contributed by atoms with Gasteiger partial charge in [-0.05, 0) is 18.4 Å². The van der Waals surface area contributed by atoms with E-state index in [0.717, 1.165) is 0 Å². The third-order valence-corrected chi connectivity index (χ3v) is 3.11. The summed E-state index contributed by atoms with van der Waals surface area (Å²) in [6, 6.07) is 5.99. The molecule has 0 saturated carbocycles. The monoisotopic (exact) mass is 299 g/mol. The smallest absolute Gasteiger partial charge is 0.191 e. The summed E-state index contributed by atoms with van der Waals surface area (Å²) in [4.78, 5) is 8.30. The SMILES string of the molecule is CSc1nc(NN)cc(Nc2c(F)cccc2Cl)n1. The highest BCUT2D eigenvalue weighted by Gasteiger charge is 2.09. The van der Waals surface area contributed by atoms with Crippen LogP contribution in [-0.2, 0) is 0 Å². The van der Waals surface area contributed by atoms with Gasteiger partial charge in [0.05, 0.1) is 10.7 Å². The van der Waals surface area contributed by atoms with Crippen LogP contribution in [-0.4, -0.2) is 16.2 Å². The Morgan fingerprint density at radius 1 is 1.32 bits per heavy atom. The van der Waals surface area contributed by atoms with E-state index in [1.54, 1.807) is 12.1 Å².